The Morgan fingerprint density at radius 2 is 1.81 bits per heavy atom. The maximum Gasteiger partial charge on any atom is 0.249 e. The van der Waals surface area contributed by atoms with E-state index in [9.17, 15) is 9.59 Å². The van der Waals surface area contributed by atoms with Crippen molar-refractivity contribution < 1.29 is 23.2 Å². The summed E-state index contributed by atoms with van der Waals surface area (Å²) < 4.78 is 20.5. The van der Waals surface area contributed by atoms with Crippen molar-refractivity contribution in [3.05, 3.63) is 95.3 Å². The first-order valence-corrected chi connectivity index (χ1v) is 18.8. The van der Waals surface area contributed by atoms with Crippen molar-refractivity contribution in [2.24, 2.45) is 11.8 Å². The maximum absolute atomic E-state index is 14.3. The van der Waals surface area contributed by atoms with Crippen LogP contribution in [0.2, 0.25) is 0 Å². The number of nitrogens with zero attached hydrogens (tertiary/aromatic N) is 2. The highest BCUT2D eigenvalue weighted by atomic mass is 16.5. The lowest BCUT2D eigenvalue weighted by Crippen LogP contribution is -2.51. The van der Waals surface area contributed by atoms with Gasteiger partial charge in [-0.1, -0.05) is 75.6 Å². The van der Waals surface area contributed by atoms with Gasteiger partial charge in [-0.05, 0) is 42.0 Å². The van der Waals surface area contributed by atoms with E-state index < -0.39 is 23.7 Å². The van der Waals surface area contributed by atoms with Gasteiger partial charge in [-0.2, -0.15) is 0 Å². The Morgan fingerprint density at radius 1 is 0.962 bits per heavy atom. The van der Waals surface area contributed by atoms with Crippen LogP contribution in [-0.2, 0) is 21.4 Å². The van der Waals surface area contributed by atoms with Crippen molar-refractivity contribution in [3.8, 4) is 39.8 Å². The van der Waals surface area contributed by atoms with E-state index in [0.717, 1.165) is 82.1 Å². The number of carbonyl (C=O) groups is 2. The van der Waals surface area contributed by atoms with Gasteiger partial charge in [-0.25, -0.2) is 9.97 Å². The molecule has 11 nitrogen and oxygen atoms in total. The molecule has 3 aromatic carbocycles. The summed E-state index contributed by atoms with van der Waals surface area (Å²) in [5.41, 5.74) is 7.06. The number of amides is 2. The number of H-pyrrole nitrogens is 1. The fourth-order valence-corrected chi connectivity index (χ4v) is 9.51. The van der Waals surface area contributed by atoms with Crippen LogP contribution in [0.15, 0.2) is 75.8 Å². The molecule has 0 radical (unpaired) electrons. The molecule has 1 unspecified atom stereocenters. The van der Waals surface area contributed by atoms with Crippen LogP contribution in [0.25, 0.3) is 44.9 Å². The Hall–Kier alpha value is -5.84. The van der Waals surface area contributed by atoms with Gasteiger partial charge in [0.05, 0.1) is 6.20 Å². The zero-order valence-corrected chi connectivity index (χ0v) is 29.4. The lowest BCUT2D eigenvalue weighted by molar-refractivity contribution is -0.132. The summed E-state index contributed by atoms with van der Waals surface area (Å²) in [7, 11) is 0. The second-order valence-corrected chi connectivity index (χ2v) is 15.5. The molecule has 1 fully saturated rings. The van der Waals surface area contributed by atoms with Crippen LogP contribution >= 0.6 is 0 Å². The van der Waals surface area contributed by atoms with Gasteiger partial charge in [0.15, 0.2) is 23.4 Å². The van der Waals surface area contributed by atoms with Crippen LogP contribution in [0.1, 0.15) is 80.3 Å². The third-order valence-corrected chi connectivity index (χ3v) is 12.1. The van der Waals surface area contributed by atoms with E-state index in [-0.39, 0.29) is 23.7 Å². The number of rotatable bonds is 3. The average molecular weight is 707 g/mol. The standard InChI is InChI=1S/C42H38N6O5/c1-20(2)33-40-47-35-36(53-40)42-26-12-6-11-24(23-10-7-13-28-32(23)25(18-43-28)31-19-44-39(35)51-31)34(26)48-41(42)52-30-15-14-21(16-27(30)42)17-29(38(50)46-33)45-37(49)22-8-4-3-5-9-22/h6-7,10-16,18-20,22,29,33,41,43,48H,3-5,8-9,17H2,1-2H3,(H,45,49)(H,46,50)/t29-,33-,41?,42-/m0/s1. The molecule has 7 heterocycles. The van der Waals surface area contributed by atoms with Gasteiger partial charge in [0.25, 0.3) is 0 Å². The molecule has 10 bridgehead atoms. The molecule has 5 aliphatic rings. The Morgan fingerprint density at radius 3 is 2.68 bits per heavy atom. The number of nitrogens with one attached hydrogen (secondary N) is 4. The minimum absolute atomic E-state index is 0.0633. The number of hydrogen-bond acceptors (Lipinski definition) is 8. The maximum atomic E-state index is 14.3. The first-order valence-electron chi connectivity index (χ1n) is 18.8. The minimum atomic E-state index is -1.01. The smallest absolute Gasteiger partial charge is 0.249 e. The number of benzene rings is 3. The number of oxazole rings is 2. The van der Waals surface area contributed by atoms with Crippen molar-refractivity contribution in [1.29, 1.82) is 0 Å². The van der Waals surface area contributed by atoms with E-state index in [2.05, 4.69) is 63.4 Å². The summed E-state index contributed by atoms with van der Waals surface area (Å²) in [6.07, 6.45) is 8.28. The molecule has 11 heteroatoms. The molecule has 4 atom stereocenters. The van der Waals surface area contributed by atoms with Crippen LogP contribution in [0.5, 0.6) is 5.75 Å². The van der Waals surface area contributed by atoms with E-state index in [1.165, 1.54) is 0 Å². The van der Waals surface area contributed by atoms with Gasteiger partial charge in [0.2, 0.25) is 23.6 Å². The lowest BCUT2D eigenvalue weighted by Gasteiger charge is -2.29. The molecule has 4 aliphatic heterocycles. The number of anilines is 1. The molecule has 6 aromatic rings. The number of ether oxygens (including phenoxy) is 1. The number of carbonyl (C=O) groups excluding carboxylic acids is 2. The largest absolute Gasteiger partial charge is 0.469 e. The van der Waals surface area contributed by atoms with Crippen LogP contribution in [0, 0.1) is 11.8 Å². The molecule has 0 saturated heterocycles. The molecule has 4 N–H and O–H groups in total. The fraction of sp³-hybridized carbons (Fsp3) is 0.333. The minimum Gasteiger partial charge on any atom is -0.469 e. The van der Waals surface area contributed by atoms with E-state index in [1.54, 1.807) is 6.20 Å². The Bertz CT molecular complexity index is 2500. The summed E-state index contributed by atoms with van der Waals surface area (Å²) in [4.78, 5) is 41.4. The van der Waals surface area contributed by atoms with Gasteiger partial charge < -0.3 is 34.5 Å². The quantitative estimate of drug-likeness (QED) is 0.149. The predicted molar refractivity (Wildman–Crippen MR) is 197 cm³/mol. The average Bonchev–Trinajstić information content (AvgIpc) is 4.00. The molecule has 266 valence electrons. The normalized spacial score (nSPS) is 23.8. The highest BCUT2D eigenvalue weighted by Crippen LogP contribution is 2.61. The molecule has 11 rings (SSSR count). The fourth-order valence-electron chi connectivity index (χ4n) is 9.51. The summed E-state index contributed by atoms with van der Waals surface area (Å²) in [6, 6.07) is 17.3. The first-order chi connectivity index (χ1) is 25.9. The van der Waals surface area contributed by atoms with Crippen LogP contribution in [0.3, 0.4) is 0 Å². The molecular formula is C42H38N6O5. The number of hydrogen-bond donors (Lipinski definition) is 4. The van der Waals surface area contributed by atoms with Crippen molar-refractivity contribution in [2.45, 2.75) is 76.1 Å². The van der Waals surface area contributed by atoms with Crippen molar-refractivity contribution >= 4 is 28.4 Å². The number of fused-ring (bicyclic) bond motifs is 7. The van der Waals surface area contributed by atoms with E-state index >= 15 is 0 Å². The summed E-state index contributed by atoms with van der Waals surface area (Å²) in [6.45, 7) is 4.05. The van der Waals surface area contributed by atoms with E-state index in [4.69, 9.17) is 23.5 Å². The SMILES string of the molecule is CC(C)[C@@H]1NC(=O)[C@@H](NC(=O)C2CCCCC2)Cc2ccc3c(c2)[C@]24c5cccc(c5NC2O3)-c2cccc3[nH]cc(c23)-c2cnc(o2)-c2nc1oc24. The Balaban J connectivity index is 1.18. The van der Waals surface area contributed by atoms with Gasteiger partial charge >= 0.3 is 0 Å². The summed E-state index contributed by atoms with van der Waals surface area (Å²) in [5.74, 6) is 1.92. The van der Waals surface area contributed by atoms with Crippen LogP contribution < -0.4 is 20.7 Å². The highest BCUT2D eigenvalue weighted by molar-refractivity contribution is 6.07. The second kappa shape index (κ2) is 11.1. The molecule has 1 aliphatic carbocycles. The zero-order valence-electron chi connectivity index (χ0n) is 29.4. The molecular weight excluding hydrogens is 668 g/mol. The van der Waals surface area contributed by atoms with Crippen molar-refractivity contribution in [2.75, 3.05) is 5.32 Å². The van der Waals surface area contributed by atoms with Gasteiger partial charge in [0.1, 0.15) is 23.2 Å². The summed E-state index contributed by atoms with van der Waals surface area (Å²) in [5, 5.41) is 11.2. The number of aromatic nitrogens is 3. The highest BCUT2D eigenvalue weighted by Gasteiger charge is 2.61. The van der Waals surface area contributed by atoms with Gasteiger partial charge in [-0.15, -0.1) is 0 Å². The van der Waals surface area contributed by atoms with Gasteiger partial charge in [0, 0.05) is 57.4 Å². The van der Waals surface area contributed by atoms with Gasteiger partial charge in [-0.3, -0.25) is 9.59 Å². The zero-order chi connectivity index (χ0) is 35.6. The number of aromatic amines is 1. The van der Waals surface area contributed by atoms with E-state index in [1.807, 2.05) is 32.2 Å². The summed E-state index contributed by atoms with van der Waals surface area (Å²) >= 11 is 0. The van der Waals surface area contributed by atoms with Crippen LogP contribution in [-0.4, -0.2) is 39.0 Å². The van der Waals surface area contributed by atoms with E-state index in [0.29, 0.717) is 41.2 Å². The number of para-hydroxylation sites is 1. The topological polar surface area (TPSA) is 147 Å². The molecule has 1 saturated carbocycles. The monoisotopic (exact) mass is 706 g/mol. The third kappa shape index (κ3) is 4.27. The Kier molecular flexibility index (Phi) is 6.43. The van der Waals surface area contributed by atoms with Crippen molar-refractivity contribution in [1.82, 2.24) is 25.6 Å². The Labute approximate surface area is 304 Å². The lowest BCUT2D eigenvalue weighted by atomic mass is 9.72. The predicted octanol–water partition coefficient (Wildman–Crippen LogP) is 7.37. The van der Waals surface area contributed by atoms with Crippen molar-refractivity contribution in [3.63, 3.8) is 0 Å². The van der Waals surface area contributed by atoms with Crippen LogP contribution in [0.4, 0.5) is 5.69 Å². The molecule has 3 aromatic heterocycles. The third-order valence-electron chi connectivity index (χ3n) is 12.1. The first kappa shape index (κ1) is 30.8. The molecule has 2 amide bonds. The second-order valence-electron chi connectivity index (χ2n) is 15.5. The molecule has 53 heavy (non-hydrogen) atoms. The molecule has 1 spiro atoms.